The van der Waals surface area contributed by atoms with Gasteiger partial charge >= 0.3 is 0 Å². The van der Waals surface area contributed by atoms with Crippen LogP contribution in [0.5, 0.6) is 0 Å². The number of hydrogen-bond acceptors (Lipinski definition) is 2. The molecule has 0 aliphatic heterocycles. The number of aromatic nitrogens is 1. The number of carbonyl (C=O) groups excluding carboxylic acids is 2. The summed E-state index contributed by atoms with van der Waals surface area (Å²) in [6, 6.07) is 12.1. The molecule has 0 bridgehead atoms. The summed E-state index contributed by atoms with van der Waals surface area (Å²) in [5.41, 5.74) is 1.61. The van der Waals surface area contributed by atoms with Crippen LogP contribution in [0.25, 0.3) is 10.9 Å². The van der Waals surface area contributed by atoms with Gasteiger partial charge in [-0.15, -0.1) is 0 Å². The van der Waals surface area contributed by atoms with Crippen LogP contribution in [0.2, 0.25) is 5.02 Å². The number of Topliss-reactive ketones (excluding diaryl/α,β-unsaturated/α-hetero) is 1. The Balaban J connectivity index is 1.87. The van der Waals surface area contributed by atoms with Crippen molar-refractivity contribution >= 4 is 55.8 Å². The van der Waals surface area contributed by atoms with Gasteiger partial charge in [-0.3, -0.25) is 9.59 Å². The molecule has 3 rings (SSSR count). The highest BCUT2D eigenvalue weighted by atomic mass is 79.9. The van der Waals surface area contributed by atoms with Gasteiger partial charge in [0.05, 0.1) is 5.56 Å². The van der Waals surface area contributed by atoms with Crippen LogP contribution >= 0.6 is 27.5 Å². The van der Waals surface area contributed by atoms with Crippen molar-refractivity contribution in [3.63, 3.8) is 0 Å². The zero-order chi connectivity index (χ0) is 15.7. The first-order valence-electron chi connectivity index (χ1n) is 6.42. The van der Waals surface area contributed by atoms with Crippen molar-refractivity contribution in [3.05, 3.63) is 63.7 Å². The number of carbonyl (C=O) groups is 2. The minimum absolute atomic E-state index is 0.298. The predicted octanol–water partition coefficient (Wildman–Crippen LogP) is 4.41. The van der Waals surface area contributed by atoms with Gasteiger partial charge in [0.25, 0.3) is 11.7 Å². The zero-order valence-electron chi connectivity index (χ0n) is 11.2. The number of fused-ring (bicyclic) bond motifs is 1. The predicted molar refractivity (Wildman–Crippen MR) is 90.4 cm³/mol. The summed E-state index contributed by atoms with van der Waals surface area (Å²) in [6.07, 6.45) is 1.52. The molecule has 1 aromatic heterocycles. The molecule has 3 aromatic rings. The van der Waals surface area contributed by atoms with E-state index in [2.05, 4.69) is 26.2 Å². The van der Waals surface area contributed by atoms with E-state index in [0.717, 1.165) is 9.99 Å². The molecule has 0 saturated heterocycles. The van der Waals surface area contributed by atoms with Crippen LogP contribution in [-0.4, -0.2) is 16.7 Å². The van der Waals surface area contributed by atoms with Gasteiger partial charge in [-0.2, -0.15) is 0 Å². The second kappa shape index (κ2) is 5.94. The molecule has 0 aliphatic carbocycles. The minimum atomic E-state index is -0.691. The topological polar surface area (TPSA) is 62.0 Å². The lowest BCUT2D eigenvalue weighted by Crippen LogP contribution is -2.22. The molecule has 0 radical (unpaired) electrons. The Morgan fingerprint density at radius 1 is 1.09 bits per heavy atom. The second-order valence-corrected chi connectivity index (χ2v) is 6.03. The van der Waals surface area contributed by atoms with Crippen LogP contribution in [0.15, 0.2) is 53.1 Å². The number of hydrogen-bond donors (Lipinski definition) is 2. The average Bonchev–Trinajstić information content (AvgIpc) is 2.91. The molecule has 6 heteroatoms. The van der Waals surface area contributed by atoms with Crippen LogP contribution in [0.4, 0.5) is 5.69 Å². The quantitative estimate of drug-likeness (QED) is 0.525. The minimum Gasteiger partial charge on any atom is -0.360 e. The normalized spacial score (nSPS) is 10.6. The largest absolute Gasteiger partial charge is 0.360 e. The van der Waals surface area contributed by atoms with Gasteiger partial charge in [0, 0.05) is 32.3 Å². The molecule has 2 N–H and O–H groups in total. The molecule has 22 heavy (non-hydrogen) atoms. The summed E-state index contributed by atoms with van der Waals surface area (Å²) in [6.45, 7) is 0. The molecule has 0 saturated carbocycles. The first kappa shape index (κ1) is 14.8. The number of amides is 1. The Morgan fingerprint density at radius 3 is 2.55 bits per heavy atom. The maximum absolute atomic E-state index is 12.3. The number of nitrogens with one attached hydrogen (secondary N) is 2. The van der Waals surface area contributed by atoms with Crippen LogP contribution in [0, 0.1) is 0 Å². The monoisotopic (exact) mass is 376 g/mol. The summed E-state index contributed by atoms with van der Waals surface area (Å²) in [7, 11) is 0. The number of anilines is 1. The number of halogens is 2. The van der Waals surface area contributed by atoms with Crippen molar-refractivity contribution in [3.8, 4) is 0 Å². The number of H-pyrrole nitrogens is 1. The van der Waals surface area contributed by atoms with E-state index in [0.29, 0.717) is 21.7 Å². The Morgan fingerprint density at radius 2 is 1.82 bits per heavy atom. The number of aromatic amines is 1. The van der Waals surface area contributed by atoms with Gasteiger partial charge in [0.2, 0.25) is 0 Å². The van der Waals surface area contributed by atoms with E-state index >= 15 is 0 Å². The molecule has 0 atom stereocenters. The number of ketones is 1. The average molecular weight is 378 g/mol. The summed E-state index contributed by atoms with van der Waals surface area (Å²) >= 11 is 9.26. The number of rotatable bonds is 3. The van der Waals surface area contributed by atoms with Crippen LogP contribution in [-0.2, 0) is 4.79 Å². The molecule has 0 aliphatic rings. The number of benzene rings is 2. The Kier molecular flexibility index (Phi) is 4.00. The summed E-state index contributed by atoms with van der Waals surface area (Å²) in [4.78, 5) is 27.4. The first-order valence-corrected chi connectivity index (χ1v) is 7.59. The van der Waals surface area contributed by atoms with E-state index in [1.165, 1.54) is 6.20 Å². The fourth-order valence-electron chi connectivity index (χ4n) is 2.12. The van der Waals surface area contributed by atoms with Crippen LogP contribution in [0.1, 0.15) is 10.4 Å². The Labute approximate surface area is 139 Å². The first-order chi connectivity index (χ1) is 10.5. The zero-order valence-corrected chi connectivity index (χ0v) is 13.5. The van der Waals surface area contributed by atoms with Gasteiger partial charge in [0.15, 0.2) is 0 Å². The van der Waals surface area contributed by atoms with E-state index in [-0.39, 0.29) is 0 Å². The van der Waals surface area contributed by atoms with Gasteiger partial charge < -0.3 is 10.3 Å². The third-order valence-electron chi connectivity index (χ3n) is 3.20. The van der Waals surface area contributed by atoms with Gasteiger partial charge in [-0.25, -0.2) is 0 Å². The standard InChI is InChI=1S/C16H10BrClN2O2/c17-9-1-4-11(5-2-9)20-16(22)15(21)13-8-19-14-6-3-10(18)7-12(13)14/h1-8,19H,(H,20,22). The molecule has 2 aromatic carbocycles. The van der Waals surface area contributed by atoms with Gasteiger partial charge in [0.1, 0.15) is 0 Å². The van der Waals surface area contributed by atoms with Crippen molar-refractivity contribution in [2.24, 2.45) is 0 Å². The van der Waals surface area contributed by atoms with Crippen molar-refractivity contribution in [1.82, 2.24) is 4.98 Å². The van der Waals surface area contributed by atoms with Gasteiger partial charge in [-0.05, 0) is 42.5 Å². The molecule has 0 fully saturated rings. The highest BCUT2D eigenvalue weighted by Crippen LogP contribution is 2.23. The van der Waals surface area contributed by atoms with E-state index in [1.807, 2.05) is 0 Å². The second-order valence-electron chi connectivity index (χ2n) is 4.68. The molecule has 0 spiro atoms. The van der Waals surface area contributed by atoms with Crippen molar-refractivity contribution in [2.45, 2.75) is 0 Å². The molecular formula is C16H10BrClN2O2. The van der Waals surface area contributed by atoms with E-state index in [1.54, 1.807) is 42.5 Å². The molecule has 110 valence electrons. The highest BCUT2D eigenvalue weighted by Gasteiger charge is 2.20. The molecule has 1 amide bonds. The third kappa shape index (κ3) is 2.91. The lowest BCUT2D eigenvalue weighted by molar-refractivity contribution is -0.112. The summed E-state index contributed by atoms with van der Waals surface area (Å²) in [5.74, 6) is -1.31. The fraction of sp³-hybridized carbons (Fsp3) is 0. The lowest BCUT2D eigenvalue weighted by atomic mass is 10.1. The molecule has 0 unspecified atom stereocenters. The Bertz CT molecular complexity index is 871. The van der Waals surface area contributed by atoms with E-state index < -0.39 is 11.7 Å². The van der Waals surface area contributed by atoms with Crippen LogP contribution < -0.4 is 5.32 Å². The maximum atomic E-state index is 12.3. The van der Waals surface area contributed by atoms with Crippen molar-refractivity contribution in [1.29, 1.82) is 0 Å². The third-order valence-corrected chi connectivity index (χ3v) is 3.96. The molecular weight excluding hydrogens is 368 g/mol. The summed E-state index contributed by atoms with van der Waals surface area (Å²) < 4.78 is 0.892. The highest BCUT2D eigenvalue weighted by molar-refractivity contribution is 9.10. The summed E-state index contributed by atoms with van der Waals surface area (Å²) in [5, 5.41) is 3.72. The smallest absolute Gasteiger partial charge is 0.296 e. The fourth-order valence-corrected chi connectivity index (χ4v) is 2.56. The maximum Gasteiger partial charge on any atom is 0.296 e. The lowest BCUT2D eigenvalue weighted by Gasteiger charge is -2.04. The van der Waals surface area contributed by atoms with Crippen molar-refractivity contribution in [2.75, 3.05) is 5.32 Å². The van der Waals surface area contributed by atoms with Crippen LogP contribution in [0.3, 0.4) is 0 Å². The van der Waals surface area contributed by atoms with E-state index in [4.69, 9.17) is 11.6 Å². The molecule has 4 nitrogen and oxygen atoms in total. The van der Waals surface area contributed by atoms with Gasteiger partial charge in [-0.1, -0.05) is 27.5 Å². The molecule has 1 heterocycles. The van der Waals surface area contributed by atoms with E-state index in [9.17, 15) is 9.59 Å². The Hall–Kier alpha value is -2.11. The SMILES string of the molecule is O=C(Nc1ccc(Br)cc1)C(=O)c1c[nH]c2ccc(Cl)cc12. The van der Waals surface area contributed by atoms with Crippen molar-refractivity contribution < 1.29 is 9.59 Å².